The van der Waals surface area contributed by atoms with E-state index in [1.165, 1.54) is 4.90 Å². The maximum atomic E-state index is 12.2. The van der Waals surface area contributed by atoms with E-state index < -0.39 is 12.0 Å². The van der Waals surface area contributed by atoms with Crippen LogP contribution in [0.2, 0.25) is 0 Å². The second-order valence-electron chi connectivity index (χ2n) is 4.76. The summed E-state index contributed by atoms with van der Waals surface area (Å²) in [7, 11) is 0. The summed E-state index contributed by atoms with van der Waals surface area (Å²) in [6.45, 7) is 4.21. The van der Waals surface area contributed by atoms with E-state index in [2.05, 4.69) is 0 Å². The summed E-state index contributed by atoms with van der Waals surface area (Å²) in [5.41, 5.74) is 1.55. The quantitative estimate of drug-likeness (QED) is 0.886. The van der Waals surface area contributed by atoms with E-state index in [9.17, 15) is 14.7 Å². The second-order valence-corrected chi connectivity index (χ2v) is 4.76. The molecule has 0 saturated carbocycles. The van der Waals surface area contributed by atoms with Gasteiger partial charge in [-0.3, -0.25) is 4.79 Å². The highest BCUT2D eigenvalue weighted by atomic mass is 16.4. The van der Waals surface area contributed by atoms with Crippen LogP contribution in [0.1, 0.15) is 36.2 Å². The molecule has 0 bridgehead atoms. The molecule has 0 aliphatic carbocycles. The number of carbonyl (C=O) groups is 2. The molecule has 2 atom stereocenters. The SMILES string of the molecule is CC[C@H](C)[C@H](C(=O)O)N1Cc2ccccc2C1=O. The van der Waals surface area contributed by atoms with Crippen LogP contribution in [0.5, 0.6) is 0 Å². The van der Waals surface area contributed by atoms with Crippen molar-refractivity contribution in [1.29, 1.82) is 0 Å². The molecule has 1 amide bonds. The maximum Gasteiger partial charge on any atom is 0.326 e. The van der Waals surface area contributed by atoms with Gasteiger partial charge in [0.15, 0.2) is 0 Å². The molecule has 1 aromatic rings. The summed E-state index contributed by atoms with van der Waals surface area (Å²) in [6.07, 6.45) is 0.733. The predicted molar refractivity (Wildman–Crippen MR) is 67.2 cm³/mol. The molecule has 1 N–H and O–H groups in total. The van der Waals surface area contributed by atoms with Gasteiger partial charge in [-0.1, -0.05) is 38.5 Å². The van der Waals surface area contributed by atoms with Crippen LogP contribution in [0.4, 0.5) is 0 Å². The van der Waals surface area contributed by atoms with E-state index in [4.69, 9.17) is 0 Å². The number of aliphatic carboxylic acids is 1. The largest absolute Gasteiger partial charge is 0.480 e. The zero-order valence-electron chi connectivity index (χ0n) is 10.6. The number of hydrogen-bond donors (Lipinski definition) is 1. The molecule has 1 heterocycles. The Kier molecular flexibility index (Phi) is 3.36. The van der Waals surface area contributed by atoms with E-state index in [1.807, 2.05) is 26.0 Å². The van der Waals surface area contributed by atoms with Crippen LogP contribution in [0, 0.1) is 5.92 Å². The molecule has 0 spiro atoms. The number of hydrogen-bond acceptors (Lipinski definition) is 2. The molecule has 2 rings (SSSR count). The van der Waals surface area contributed by atoms with Gasteiger partial charge in [0.05, 0.1) is 0 Å². The molecular formula is C14H17NO3. The molecule has 0 fully saturated rings. The topological polar surface area (TPSA) is 57.6 Å². The average molecular weight is 247 g/mol. The number of carbonyl (C=O) groups excluding carboxylic acids is 1. The number of rotatable bonds is 4. The normalized spacial score (nSPS) is 17.4. The minimum atomic E-state index is -0.925. The zero-order chi connectivity index (χ0) is 13.3. The summed E-state index contributed by atoms with van der Waals surface area (Å²) >= 11 is 0. The first-order valence-electron chi connectivity index (χ1n) is 6.18. The van der Waals surface area contributed by atoms with E-state index >= 15 is 0 Å². The fourth-order valence-electron chi connectivity index (χ4n) is 2.41. The van der Waals surface area contributed by atoms with Crippen LogP contribution >= 0.6 is 0 Å². The van der Waals surface area contributed by atoms with Gasteiger partial charge in [0.1, 0.15) is 6.04 Å². The van der Waals surface area contributed by atoms with Crippen molar-refractivity contribution in [2.24, 2.45) is 5.92 Å². The van der Waals surface area contributed by atoms with Gasteiger partial charge in [-0.2, -0.15) is 0 Å². The molecule has 0 radical (unpaired) electrons. The number of amides is 1. The first-order chi connectivity index (χ1) is 8.56. The van der Waals surface area contributed by atoms with E-state index in [0.29, 0.717) is 12.1 Å². The lowest BCUT2D eigenvalue weighted by molar-refractivity contribution is -0.144. The van der Waals surface area contributed by atoms with Crippen molar-refractivity contribution in [2.75, 3.05) is 0 Å². The van der Waals surface area contributed by atoms with Crippen LogP contribution < -0.4 is 0 Å². The Labute approximate surface area is 106 Å². The monoisotopic (exact) mass is 247 g/mol. The first kappa shape index (κ1) is 12.6. The third kappa shape index (κ3) is 1.98. The smallest absolute Gasteiger partial charge is 0.326 e. The fraction of sp³-hybridized carbons (Fsp3) is 0.429. The van der Waals surface area contributed by atoms with Crippen LogP contribution in [-0.4, -0.2) is 27.9 Å². The summed E-state index contributed by atoms with van der Waals surface area (Å²) in [5, 5.41) is 9.34. The Morgan fingerprint density at radius 3 is 2.67 bits per heavy atom. The highest BCUT2D eigenvalue weighted by molar-refractivity contribution is 6.00. The zero-order valence-corrected chi connectivity index (χ0v) is 10.6. The Balaban J connectivity index is 2.31. The molecule has 1 aromatic carbocycles. The van der Waals surface area contributed by atoms with Gasteiger partial charge in [0.2, 0.25) is 0 Å². The summed E-state index contributed by atoms with van der Waals surface area (Å²) in [4.78, 5) is 25.1. The molecule has 1 aliphatic rings. The molecule has 0 saturated heterocycles. The van der Waals surface area contributed by atoms with Gasteiger partial charge >= 0.3 is 5.97 Å². The number of nitrogens with zero attached hydrogens (tertiary/aromatic N) is 1. The summed E-state index contributed by atoms with van der Waals surface area (Å²) < 4.78 is 0. The summed E-state index contributed by atoms with van der Waals surface area (Å²) in [5.74, 6) is -1.15. The molecular weight excluding hydrogens is 230 g/mol. The Bertz CT molecular complexity index is 484. The summed E-state index contributed by atoms with van der Waals surface area (Å²) in [6, 6.07) is 6.57. The van der Waals surface area contributed by atoms with Gasteiger partial charge in [-0.15, -0.1) is 0 Å². The lowest BCUT2D eigenvalue weighted by atomic mass is 9.98. The maximum absolute atomic E-state index is 12.2. The standard InChI is InChI=1S/C14H17NO3/c1-3-9(2)12(14(17)18)15-8-10-6-4-5-7-11(10)13(15)16/h4-7,9,12H,3,8H2,1-2H3,(H,17,18)/t9-,12+/m0/s1. The molecule has 0 aromatic heterocycles. The van der Waals surface area contributed by atoms with Crippen LogP contribution in [-0.2, 0) is 11.3 Å². The Morgan fingerprint density at radius 2 is 2.11 bits per heavy atom. The Morgan fingerprint density at radius 1 is 1.44 bits per heavy atom. The third-order valence-corrected chi connectivity index (χ3v) is 3.62. The van der Waals surface area contributed by atoms with Gasteiger partial charge < -0.3 is 10.0 Å². The minimum Gasteiger partial charge on any atom is -0.480 e. The number of carboxylic acids is 1. The van der Waals surface area contributed by atoms with E-state index in [-0.39, 0.29) is 11.8 Å². The highest BCUT2D eigenvalue weighted by Crippen LogP contribution is 2.27. The molecule has 4 heteroatoms. The number of carboxylic acid groups (broad SMARTS) is 1. The van der Waals surface area contributed by atoms with Crippen molar-refractivity contribution in [3.63, 3.8) is 0 Å². The van der Waals surface area contributed by atoms with Crippen molar-refractivity contribution >= 4 is 11.9 Å². The highest BCUT2D eigenvalue weighted by Gasteiger charge is 2.38. The van der Waals surface area contributed by atoms with Crippen LogP contribution in [0.15, 0.2) is 24.3 Å². The molecule has 18 heavy (non-hydrogen) atoms. The molecule has 4 nitrogen and oxygen atoms in total. The van der Waals surface area contributed by atoms with Crippen molar-refractivity contribution < 1.29 is 14.7 Å². The molecule has 1 aliphatic heterocycles. The molecule has 96 valence electrons. The molecule has 0 unspecified atom stereocenters. The minimum absolute atomic E-state index is 0.0548. The van der Waals surface area contributed by atoms with Crippen LogP contribution in [0.25, 0.3) is 0 Å². The number of fused-ring (bicyclic) bond motifs is 1. The first-order valence-corrected chi connectivity index (χ1v) is 6.18. The third-order valence-electron chi connectivity index (χ3n) is 3.62. The van der Waals surface area contributed by atoms with Gasteiger partial charge in [-0.05, 0) is 17.5 Å². The van der Waals surface area contributed by atoms with Crippen LogP contribution in [0.3, 0.4) is 0 Å². The van der Waals surface area contributed by atoms with E-state index in [1.54, 1.807) is 12.1 Å². The van der Waals surface area contributed by atoms with Gasteiger partial charge in [0, 0.05) is 12.1 Å². The van der Waals surface area contributed by atoms with Crippen molar-refractivity contribution in [2.45, 2.75) is 32.9 Å². The predicted octanol–water partition coefficient (Wildman–Crippen LogP) is 2.14. The lowest BCUT2D eigenvalue weighted by Gasteiger charge is -2.28. The lowest BCUT2D eigenvalue weighted by Crippen LogP contribution is -2.45. The van der Waals surface area contributed by atoms with Gasteiger partial charge in [-0.25, -0.2) is 4.79 Å². The van der Waals surface area contributed by atoms with E-state index in [0.717, 1.165) is 12.0 Å². The van der Waals surface area contributed by atoms with Crippen molar-refractivity contribution in [3.8, 4) is 0 Å². The Hall–Kier alpha value is -1.84. The average Bonchev–Trinajstić information content (AvgIpc) is 2.67. The fourth-order valence-corrected chi connectivity index (χ4v) is 2.41. The van der Waals surface area contributed by atoms with Crippen molar-refractivity contribution in [3.05, 3.63) is 35.4 Å². The number of benzene rings is 1. The second kappa shape index (κ2) is 4.80. The van der Waals surface area contributed by atoms with Gasteiger partial charge in [0.25, 0.3) is 5.91 Å². The van der Waals surface area contributed by atoms with Crippen molar-refractivity contribution in [1.82, 2.24) is 4.90 Å².